The highest BCUT2D eigenvalue weighted by Crippen LogP contribution is 2.30. The van der Waals surface area contributed by atoms with Gasteiger partial charge in [0.2, 0.25) is 0 Å². The van der Waals surface area contributed by atoms with E-state index in [4.69, 9.17) is 16.3 Å². The van der Waals surface area contributed by atoms with Crippen molar-refractivity contribution in [1.29, 1.82) is 0 Å². The third-order valence-electron chi connectivity index (χ3n) is 3.87. The van der Waals surface area contributed by atoms with E-state index in [0.717, 1.165) is 24.4 Å². The van der Waals surface area contributed by atoms with E-state index in [0.29, 0.717) is 5.92 Å². The van der Waals surface area contributed by atoms with Crippen LogP contribution in [-0.4, -0.2) is 24.8 Å². The van der Waals surface area contributed by atoms with E-state index in [1.807, 2.05) is 12.1 Å². The lowest BCUT2D eigenvalue weighted by atomic mass is 9.89. The first-order valence-electron chi connectivity index (χ1n) is 7.69. The molecule has 0 saturated heterocycles. The van der Waals surface area contributed by atoms with Gasteiger partial charge in [-0.2, -0.15) is 0 Å². The lowest BCUT2D eigenvalue weighted by molar-refractivity contribution is 0.0123. The van der Waals surface area contributed by atoms with Crippen molar-refractivity contribution in [2.24, 2.45) is 0 Å². The van der Waals surface area contributed by atoms with Crippen LogP contribution in [-0.2, 0) is 4.74 Å². The fourth-order valence-corrected chi connectivity index (χ4v) is 2.52. The molecule has 1 aromatic rings. The molecule has 0 radical (unpaired) electrons. The molecule has 21 heavy (non-hydrogen) atoms. The van der Waals surface area contributed by atoms with Crippen LogP contribution in [0, 0.1) is 0 Å². The zero-order valence-corrected chi connectivity index (χ0v) is 15.1. The van der Waals surface area contributed by atoms with Crippen molar-refractivity contribution in [2.45, 2.75) is 64.5 Å². The lowest BCUT2D eigenvalue weighted by Gasteiger charge is -2.29. The first-order valence-corrected chi connectivity index (χ1v) is 8.07. The van der Waals surface area contributed by atoms with Crippen molar-refractivity contribution < 1.29 is 4.74 Å². The lowest BCUT2D eigenvalue weighted by Crippen LogP contribution is -2.39. The van der Waals surface area contributed by atoms with Gasteiger partial charge in [0, 0.05) is 24.2 Å². The van der Waals surface area contributed by atoms with E-state index in [1.54, 1.807) is 7.11 Å². The second-order valence-electron chi connectivity index (χ2n) is 7.35. The van der Waals surface area contributed by atoms with Gasteiger partial charge in [0.1, 0.15) is 0 Å². The van der Waals surface area contributed by atoms with Gasteiger partial charge in [-0.05, 0) is 65.0 Å². The summed E-state index contributed by atoms with van der Waals surface area (Å²) < 4.78 is 5.55. The largest absolute Gasteiger partial charge is 0.379 e. The third-order valence-corrected chi connectivity index (χ3v) is 4.22. The summed E-state index contributed by atoms with van der Waals surface area (Å²) in [4.78, 5) is 0. The number of hydrogen-bond acceptors (Lipinski definition) is 2. The number of rotatable bonds is 7. The smallest absolute Gasteiger partial charge is 0.0623 e. The Bertz CT molecular complexity index is 437. The molecular formula is C18H30ClNO. The number of ether oxygens (including phenoxy) is 1. The Labute approximate surface area is 135 Å². The third kappa shape index (κ3) is 6.82. The predicted molar refractivity (Wildman–Crippen MR) is 92.3 cm³/mol. The number of nitrogens with one attached hydrogen (secondary N) is 1. The molecule has 0 fully saturated rings. The summed E-state index contributed by atoms with van der Waals surface area (Å²) in [5.74, 6) is 0.396. The molecule has 0 aromatic heterocycles. The zero-order chi connectivity index (χ0) is 16.1. The van der Waals surface area contributed by atoms with Crippen molar-refractivity contribution in [2.75, 3.05) is 13.7 Å². The Morgan fingerprint density at radius 3 is 2.29 bits per heavy atom. The van der Waals surface area contributed by atoms with Gasteiger partial charge in [-0.3, -0.25) is 0 Å². The first-order chi connectivity index (χ1) is 9.64. The normalized spacial score (nSPS) is 14.2. The molecule has 0 heterocycles. The molecule has 0 amide bonds. The average Bonchev–Trinajstić information content (AvgIpc) is 2.39. The highest BCUT2D eigenvalue weighted by atomic mass is 35.5. The van der Waals surface area contributed by atoms with Crippen molar-refractivity contribution in [1.82, 2.24) is 5.32 Å². The van der Waals surface area contributed by atoms with Crippen LogP contribution in [0.4, 0.5) is 0 Å². The zero-order valence-electron chi connectivity index (χ0n) is 14.3. The minimum absolute atomic E-state index is 0.0960. The Morgan fingerprint density at radius 1 is 1.14 bits per heavy atom. The minimum atomic E-state index is -0.0960. The molecule has 1 atom stereocenters. The Hall–Kier alpha value is -0.570. The van der Waals surface area contributed by atoms with Gasteiger partial charge < -0.3 is 10.1 Å². The van der Waals surface area contributed by atoms with E-state index in [-0.39, 0.29) is 11.1 Å². The van der Waals surface area contributed by atoms with Crippen LogP contribution in [0.25, 0.3) is 0 Å². The van der Waals surface area contributed by atoms with E-state index in [1.165, 1.54) is 5.56 Å². The maximum atomic E-state index is 6.39. The van der Waals surface area contributed by atoms with Gasteiger partial charge in [-0.1, -0.05) is 29.8 Å². The van der Waals surface area contributed by atoms with Crippen molar-refractivity contribution >= 4 is 11.6 Å². The molecule has 0 spiro atoms. The van der Waals surface area contributed by atoms with Crippen molar-refractivity contribution in [3.8, 4) is 0 Å². The summed E-state index contributed by atoms with van der Waals surface area (Å²) in [6, 6.07) is 8.16. The van der Waals surface area contributed by atoms with Crippen LogP contribution in [0.1, 0.15) is 58.9 Å². The van der Waals surface area contributed by atoms with Gasteiger partial charge in [0.05, 0.1) is 5.60 Å². The fourth-order valence-electron chi connectivity index (χ4n) is 2.23. The molecular weight excluding hydrogens is 282 g/mol. The van der Waals surface area contributed by atoms with Crippen molar-refractivity contribution in [3.05, 3.63) is 34.9 Å². The van der Waals surface area contributed by atoms with Crippen LogP contribution in [0.5, 0.6) is 0 Å². The highest BCUT2D eigenvalue weighted by Gasteiger charge is 2.22. The summed E-state index contributed by atoms with van der Waals surface area (Å²) in [6.07, 6.45) is 2.05. The highest BCUT2D eigenvalue weighted by molar-refractivity contribution is 6.31. The summed E-state index contributed by atoms with van der Waals surface area (Å²) >= 11 is 6.39. The van der Waals surface area contributed by atoms with Gasteiger partial charge in [0.25, 0.3) is 0 Å². The monoisotopic (exact) mass is 311 g/mol. The Morgan fingerprint density at radius 2 is 1.76 bits per heavy atom. The van der Waals surface area contributed by atoms with Gasteiger partial charge >= 0.3 is 0 Å². The Balaban J connectivity index is 2.83. The summed E-state index contributed by atoms with van der Waals surface area (Å²) in [7, 11) is 1.78. The molecule has 1 N–H and O–H groups in total. The Kier molecular flexibility index (Phi) is 6.71. The number of hydrogen-bond donors (Lipinski definition) is 1. The van der Waals surface area contributed by atoms with Crippen molar-refractivity contribution in [3.63, 3.8) is 0 Å². The standard InChI is InChI=1S/C18H30ClNO/c1-17(2,3)20-13-14(11-12-18(4,5)21-6)15-9-7-8-10-16(15)19/h7-10,14,20H,11-13H2,1-6H3. The van der Waals surface area contributed by atoms with E-state index < -0.39 is 0 Å². The van der Waals surface area contributed by atoms with E-state index in [2.05, 4.69) is 52.1 Å². The maximum Gasteiger partial charge on any atom is 0.0623 e. The van der Waals surface area contributed by atoms with Crippen LogP contribution in [0.3, 0.4) is 0 Å². The van der Waals surface area contributed by atoms with E-state index >= 15 is 0 Å². The SMILES string of the molecule is COC(C)(C)CCC(CNC(C)(C)C)c1ccccc1Cl. The predicted octanol–water partition coefficient (Wildman–Crippen LogP) is 5.02. The minimum Gasteiger partial charge on any atom is -0.379 e. The summed E-state index contributed by atoms with van der Waals surface area (Å²) in [6.45, 7) is 11.8. The number of halogens is 1. The average molecular weight is 312 g/mol. The molecule has 1 aromatic carbocycles. The maximum absolute atomic E-state index is 6.39. The first kappa shape index (κ1) is 18.5. The molecule has 1 unspecified atom stereocenters. The molecule has 3 heteroatoms. The van der Waals surface area contributed by atoms with Crippen LogP contribution in [0.15, 0.2) is 24.3 Å². The number of methoxy groups -OCH3 is 1. The molecule has 0 aliphatic rings. The quantitative estimate of drug-likeness (QED) is 0.763. The van der Waals surface area contributed by atoms with Gasteiger partial charge in [-0.25, -0.2) is 0 Å². The summed E-state index contributed by atoms with van der Waals surface area (Å²) in [5, 5.41) is 4.46. The fraction of sp³-hybridized carbons (Fsp3) is 0.667. The molecule has 0 aliphatic heterocycles. The molecule has 2 nitrogen and oxygen atoms in total. The second-order valence-corrected chi connectivity index (χ2v) is 7.76. The molecule has 0 aliphatic carbocycles. The topological polar surface area (TPSA) is 21.3 Å². The summed E-state index contributed by atoms with van der Waals surface area (Å²) in [5.41, 5.74) is 1.24. The van der Waals surface area contributed by atoms with Crippen LogP contribution >= 0.6 is 11.6 Å². The number of benzene rings is 1. The van der Waals surface area contributed by atoms with Crippen LogP contribution in [0.2, 0.25) is 5.02 Å². The van der Waals surface area contributed by atoms with Crippen LogP contribution < -0.4 is 5.32 Å². The van der Waals surface area contributed by atoms with Gasteiger partial charge in [-0.15, -0.1) is 0 Å². The molecule has 1 rings (SSSR count). The molecule has 120 valence electrons. The molecule has 0 saturated carbocycles. The van der Waals surface area contributed by atoms with Gasteiger partial charge in [0.15, 0.2) is 0 Å². The van der Waals surface area contributed by atoms with E-state index in [9.17, 15) is 0 Å². The second kappa shape index (κ2) is 7.62. The molecule has 0 bridgehead atoms.